The van der Waals surface area contributed by atoms with Crippen LogP contribution in [0.1, 0.15) is 18.5 Å². The zero-order valence-electron chi connectivity index (χ0n) is 13.7. The number of hydrazone groups is 1. The van der Waals surface area contributed by atoms with Crippen LogP contribution in [-0.2, 0) is 4.79 Å². The van der Waals surface area contributed by atoms with Gasteiger partial charge in [-0.1, -0.05) is 17.3 Å². The quantitative estimate of drug-likeness (QED) is 0.546. The molecule has 3 rings (SSSR count). The lowest BCUT2D eigenvalue weighted by Crippen LogP contribution is -2.28. The van der Waals surface area contributed by atoms with Gasteiger partial charge in [0.2, 0.25) is 0 Å². The van der Waals surface area contributed by atoms with Crippen LogP contribution in [0.4, 0.5) is 0 Å². The molecule has 0 radical (unpaired) electrons. The normalized spacial score (nSPS) is 12.4. The van der Waals surface area contributed by atoms with E-state index in [1.54, 1.807) is 19.1 Å². The first-order valence-corrected chi connectivity index (χ1v) is 7.60. The SMILES string of the molecule is COc1ccc(O)c(/C=N\NC(=O)[C@H](C)n2nnc3ccccc32)c1. The third-order valence-electron chi connectivity index (χ3n) is 3.74. The van der Waals surface area contributed by atoms with Crippen LogP contribution >= 0.6 is 0 Å². The number of hydrogen-bond acceptors (Lipinski definition) is 6. The maximum Gasteiger partial charge on any atom is 0.264 e. The summed E-state index contributed by atoms with van der Waals surface area (Å²) in [5, 5.41) is 21.7. The minimum Gasteiger partial charge on any atom is -0.507 e. The molecule has 0 fully saturated rings. The number of phenols is 1. The molecule has 1 aromatic heterocycles. The van der Waals surface area contributed by atoms with Crippen LogP contribution in [0.25, 0.3) is 11.0 Å². The van der Waals surface area contributed by atoms with Gasteiger partial charge in [0.05, 0.1) is 18.8 Å². The number of para-hydroxylation sites is 1. The van der Waals surface area contributed by atoms with Gasteiger partial charge >= 0.3 is 0 Å². The molecule has 0 saturated carbocycles. The summed E-state index contributed by atoms with van der Waals surface area (Å²) >= 11 is 0. The number of phenolic OH excluding ortho intramolecular Hbond substituents is 1. The van der Waals surface area contributed by atoms with Crippen LogP contribution in [0.2, 0.25) is 0 Å². The lowest BCUT2D eigenvalue weighted by molar-refractivity contribution is -0.124. The predicted molar refractivity (Wildman–Crippen MR) is 92.6 cm³/mol. The number of carbonyl (C=O) groups is 1. The first-order valence-electron chi connectivity index (χ1n) is 7.60. The number of aromatic nitrogens is 3. The Morgan fingerprint density at radius 2 is 2.16 bits per heavy atom. The second-order valence-electron chi connectivity index (χ2n) is 5.36. The fourth-order valence-electron chi connectivity index (χ4n) is 2.31. The molecule has 0 bridgehead atoms. The molecule has 0 saturated heterocycles. The van der Waals surface area contributed by atoms with E-state index in [-0.39, 0.29) is 11.7 Å². The molecule has 1 atom stereocenters. The average Bonchev–Trinajstić information content (AvgIpc) is 3.06. The number of fused-ring (bicyclic) bond motifs is 1. The largest absolute Gasteiger partial charge is 0.507 e. The van der Waals surface area contributed by atoms with E-state index in [0.29, 0.717) is 16.8 Å². The average molecular weight is 339 g/mol. The van der Waals surface area contributed by atoms with Gasteiger partial charge in [0.1, 0.15) is 23.1 Å². The molecule has 0 aliphatic carbocycles. The Labute approximate surface area is 143 Å². The summed E-state index contributed by atoms with van der Waals surface area (Å²) in [4.78, 5) is 12.3. The minimum absolute atomic E-state index is 0.0362. The predicted octanol–water partition coefficient (Wildman–Crippen LogP) is 1.86. The highest BCUT2D eigenvalue weighted by Crippen LogP contribution is 2.21. The Morgan fingerprint density at radius 1 is 1.36 bits per heavy atom. The van der Waals surface area contributed by atoms with Crippen LogP contribution in [0.3, 0.4) is 0 Å². The highest BCUT2D eigenvalue weighted by atomic mass is 16.5. The van der Waals surface area contributed by atoms with E-state index < -0.39 is 6.04 Å². The van der Waals surface area contributed by atoms with E-state index in [9.17, 15) is 9.90 Å². The second-order valence-corrected chi connectivity index (χ2v) is 5.36. The Morgan fingerprint density at radius 3 is 2.96 bits per heavy atom. The molecule has 8 nitrogen and oxygen atoms in total. The molecule has 2 N–H and O–H groups in total. The van der Waals surface area contributed by atoms with Crippen LogP contribution < -0.4 is 10.2 Å². The summed E-state index contributed by atoms with van der Waals surface area (Å²) in [7, 11) is 1.53. The number of aromatic hydroxyl groups is 1. The van der Waals surface area contributed by atoms with Crippen LogP contribution in [0.5, 0.6) is 11.5 Å². The summed E-state index contributed by atoms with van der Waals surface area (Å²) in [5.41, 5.74) is 4.35. The molecule has 128 valence electrons. The maximum atomic E-state index is 12.3. The van der Waals surface area contributed by atoms with Crippen molar-refractivity contribution in [3.8, 4) is 11.5 Å². The van der Waals surface area contributed by atoms with E-state index in [1.165, 1.54) is 24.1 Å². The van der Waals surface area contributed by atoms with E-state index in [2.05, 4.69) is 20.8 Å². The number of nitrogens with one attached hydrogen (secondary N) is 1. The lowest BCUT2D eigenvalue weighted by atomic mass is 10.2. The Balaban J connectivity index is 1.72. The highest BCUT2D eigenvalue weighted by molar-refractivity contribution is 5.87. The van der Waals surface area contributed by atoms with Gasteiger partial charge in [-0.15, -0.1) is 5.10 Å². The van der Waals surface area contributed by atoms with Crippen molar-refractivity contribution in [2.45, 2.75) is 13.0 Å². The molecular weight excluding hydrogens is 322 g/mol. The Hall–Kier alpha value is -3.42. The number of benzene rings is 2. The molecule has 0 spiro atoms. The third kappa shape index (κ3) is 3.42. The maximum absolute atomic E-state index is 12.3. The zero-order chi connectivity index (χ0) is 17.8. The molecule has 1 heterocycles. The van der Waals surface area contributed by atoms with Crippen molar-refractivity contribution >= 4 is 23.2 Å². The van der Waals surface area contributed by atoms with E-state index >= 15 is 0 Å². The van der Waals surface area contributed by atoms with Gasteiger partial charge in [-0.05, 0) is 37.3 Å². The standard InChI is InChI=1S/C17H17N5O3/c1-11(22-15-6-4-3-5-14(15)19-21-22)17(24)20-18-10-12-9-13(25-2)7-8-16(12)23/h3-11,23H,1-2H3,(H,20,24)/b18-10-/t11-/m0/s1. The van der Waals surface area contributed by atoms with Gasteiger partial charge in [0.15, 0.2) is 0 Å². The fraction of sp³-hybridized carbons (Fsp3) is 0.176. The molecule has 8 heteroatoms. The fourth-order valence-corrected chi connectivity index (χ4v) is 2.31. The number of ether oxygens (including phenoxy) is 1. The van der Waals surface area contributed by atoms with Crippen molar-refractivity contribution in [3.63, 3.8) is 0 Å². The molecule has 3 aromatic rings. The summed E-state index contributed by atoms with van der Waals surface area (Å²) in [6.07, 6.45) is 1.35. The monoisotopic (exact) mass is 339 g/mol. The van der Waals surface area contributed by atoms with Crippen molar-refractivity contribution in [1.29, 1.82) is 0 Å². The van der Waals surface area contributed by atoms with E-state index in [4.69, 9.17) is 4.74 Å². The van der Waals surface area contributed by atoms with Crippen molar-refractivity contribution in [2.75, 3.05) is 7.11 Å². The van der Waals surface area contributed by atoms with Gasteiger partial charge in [0, 0.05) is 5.56 Å². The molecule has 25 heavy (non-hydrogen) atoms. The van der Waals surface area contributed by atoms with Crippen molar-refractivity contribution < 1.29 is 14.6 Å². The number of amides is 1. The van der Waals surface area contributed by atoms with Gasteiger partial charge in [-0.25, -0.2) is 10.1 Å². The highest BCUT2D eigenvalue weighted by Gasteiger charge is 2.18. The number of methoxy groups -OCH3 is 1. The minimum atomic E-state index is -0.594. The molecule has 2 aromatic carbocycles. The molecule has 0 unspecified atom stereocenters. The Bertz CT molecular complexity index is 935. The Kier molecular flexibility index (Phi) is 4.60. The second kappa shape index (κ2) is 7.00. The summed E-state index contributed by atoms with van der Waals surface area (Å²) in [6.45, 7) is 1.70. The molecule has 0 aliphatic heterocycles. The summed E-state index contributed by atoms with van der Waals surface area (Å²) in [6, 6.07) is 11.5. The van der Waals surface area contributed by atoms with Crippen molar-refractivity contribution in [1.82, 2.24) is 20.4 Å². The zero-order valence-corrected chi connectivity index (χ0v) is 13.7. The first-order chi connectivity index (χ1) is 12.1. The molecule has 0 aliphatic rings. The molecular formula is C17H17N5O3. The van der Waals surface area contributed by atoms with E-state index in [0.717, 1.165) is 5.52 Å². The summed E-state index contributed by atoms with van der Waals surface area (Å²) in [5.74, 6) is 0.261. The van der Waals surface area contributed by atoms with Crippen LogP contribution in [0, 0.1) is 0 Å². The third-order valence-corrected chi connectivity index (χ3v) is 3.74. The van der Waals surface area contributed by atoms with Gasteiger partial charge in [0.25, 0.3) is 5.91 Å². The van der Waals surface area contributed by atoms with E-state index in [1.807, 2.05) is 24.3 Å². The number of nitrogens with zero attached hydrogens (tertiary/aromatic N) is 4. The molecule has 1 amide bonds. The summed E-state index contributed by atoms with van der Waals surface area (Å²) < 4.78 is 6.62. The number of rotatable bonds is 5. The van der Waals surface area contributed by atoms with Gasteiger partial charge < -0.3 is 9.84 Å². The smallest absolute Gasteiger partial charge is 0.264 e. The first kappa shape index (κ1) is 16.4. The van der Waals surface area contributed by atoms with Crippen molar-refractivity contribution in [2.24, 2.45) is 5.10 Å². The lowest BCUT2D eigenvalue weighted by Gasteiger charge is -2.10. The van der Waals surface area contributed by atoms with Crippen LogP contribution in [0.15, 0.2) is 47.6 Å². The topological polar surface area (TPSA) is 102 Å². The van der Waals surface area contributed by atoms with Crippen molar-refractivity contribution in [3.05, 3.63) is 48.0 Å². The van der Waals surface area contributed by atoms with Gasteiger partial charge in [-0.3, -0.25) is 4.79 Å². The number of carbonyl (C=O) groups excluding carboxylic acids is 1. The number of hydrogen-bond donors (Lipinski definition) is 2. The van der Waals surface area contributed by atoms with Crippen LogP contribution in [-0.4, -0.2) is 39.3 Å². The van der Waals surface area contributed by atoms with Gasteiger partial charge in [-0.2, -0.15) is 5.10 Å².